The number of carboxylic acid groups (broad SMARTS) is 1. The van der Waals surface area contributed by atoms with E-state index in [0.29, 0.717) is 13.2 Å². The number of hydrogen-bond donors (Lipinski definition) is 1. The van der Waals surface area contributed by atoms with Gasteiger partial charge in [-0.3, -0.25) is 4.79 Å². The number of rotatable bonds is 5. The molecule has 0 saturated carbocycles. The van der Waals surface area contributed by atoms with Crippen molar-refractivity contribution in [1.82, 2.24) is 0 Å². The van der Waals surface area contributed by atoms with Gasteiger partial charge in [-0.05, 0) is 12.1 Å². The average molecular weight is 237 g/mol. The van der Waals surface area contributed by atoms with Gasteiger partial charge in [0.2, 0.25) is 0 Å². The molecule has 0 spiro atoms. The van der Waals surface area contributed by atoms with Gasteiger partial charge in [-0.2, -0.15) is 0 Å². The molecule has 0 unspecified atom stereocenters. The molecule has 1 fully saturated rings. The summed E-state index contributed by atoms with van der Waals surface area (Å²) in [5.74, 6) is -0.127. The molecule has 0 radical (unpaired) electrons. The minimum Gasteiger partial charge on any atom is -0.497 e. The summed E-state index contributed by atoms with van der Waals surface area (Å²) in [5.41, 5.74) is 0.847. The number of ether oxygens (including phenoxy) is 2. The number of nitrogens with zero attached hydrogens (tertiary/aromatic N) is 1. The van der Waals surface area contributed by atoms with Crippen molar-refractivity contribution in [1.29, 1.82) is 0 Å². The van der Waals surface area contributed by atoms with Crippen molar-refractivity contribution >= 4 is 11.7 Å². The van der Waals surface area contributed by atoms with E-state index < -0.39 is 5.97 Å². The maximum atomic E-state index is 10.9. The second kappa shape index (κ2) is 5.05. The summed E-state index contributed by atoms with van der Waals surface area (Å²) < 4.78 is 10.2. The zero-order valence-corrected chi connectivity index (χ0v) is 9.63. The Bertz CT molecular complexity index is 403. The van der Waals surface area contributed by atoms with Gasteiger partial charge >= 0.3 is 5.97 Å². The summed E-state index contributed by atoms with van der Waals surface area (Å²) in [6.07, 6.45) is 0. The van der Waals surface area contributed by atoms with Crippen molar-refractivity contribution < 1.29 is 19.4 Å². The van der Waals surface area contributed by atoms with Crippen LogP contribution in [0.2, 0.25) is 0 Å². The summed E-state index contributed by atoms with van der Waals surface area (Å²) in [6.45, 7) is 1.12. The van der Waals surface area contributed by atoms with Crippen LogP contribution in [-0.4, -0.2) is 44.0 Å². The lowest BCUT2D eigenvalue weighted by atomic mass is 10.1. The minimum absolute atomic E-state index is 0.0266. The topological polar surface area (TPSA) is 59.0 Å². The fourth-order valence-electron chi connectivity index (χ4n) is 1.77. The van der Waals surface area contributed by atoms with Crippen LogP contribution in [0.25, 0.3) is 0 Å². The van der Waals surface area contributed by atoms with E-state index in [0.717, 1.165) is 11.4 Å². The Morgan fingerprint density at radius 2 is 2.35 bits per heavy atom. The van der Waals surface area contributed by atoms with Gasteiger partial charge in [0.1, 0.15) is 12.3 Å². The number of carbonyl (C=O) groups is 1. The zero-order valence-electron chi connectivity index (χ0n) is 9.63. The molecule has 1 aromatic rings. The maximum absolute atomic E-state index is 10.9. The van der Waals surface area contributed by atoms with Crippen LogP contribution in [0.15, 0.2) is 24.3 Å². The van der Waals surface area contributed by atoms with Crippen LogP contribution in [0.1, 0.15) is 0 Å². The molecule has 1 aliphatic rings. The van der Waals surface area contributed by atoms with Gasteiger partial charge in [0, 0.05) is 11.8 Å². The van der Waals surface area contributed by atoms with Crippen molar-refractivity contribution in [2.75, 3.05) is 31.8 Å². The summed E-state index contributed by atoms with van der Waals surface area (Å²) >= 11 is 0. The standard InChI is InChI=1S/C12H15NO4/c1-16-11-4-2-3-9(5-11)13(6-12(14)15)10-7-17-8-10/h2-5,10H,6-8H2,1H3,(H,14,15). The van der Waals surface area contributed by atoms with Gasteiger partial charge in [0.05, 0.1) is 26.4 Å². The number of anilines is 1. The molecule has 0 bridgehead atoms. The van der Waals surface area contributed by atoms with Gasteiger partial charge < -0.3 is 19.5 Å². The third kappa shape index (κ3) is 2.68. The van der Waals surface area contributed by atoms with E-state index in [1.54, 1.807) is 7.11 Å². The van der Waals surface area contributed by atoms with Crippen LogP contribution in [0.4, 0.5) is 5.69 Å². The average Bonchev–Trinajstić information content (AvgIpc) is 2.25. The summed E-state index contributed by atoms with van der Waals surface area (Å²) in [6, 6.07) is 7.53. The number of methoxy groups -OCH3 is 1. The number of aliphatic carboxylic acids is 1. The van der Waals surface area contributed by atoms with Gasteiger partial charge in [0.15, 0.2) is 0 Å². The first-order valence-electron chi connectivity index (χ1n) is 5.41. The van der Waals surface area contributed by atoms with Gasteiger partial charge in [-0.1, -0.05) is 6.07 Å². The second-order valence-corrected chi connectivity index (χ2v) is 3.91. The van der Waals surface area contributed by atoms with Crippen LogP contribution >= 0.6 is 0 Å². The van der Waals surface area contributed by atoms with Crippen LogP contribution < -0.4 is 9.64 Å². The van der Waals surface area contributed by atoms with Crippen LogP contribution in [-0.2, 0) is 9.53 Å². The van der Waals surface area contributed by atoms with Gasteiger partial charge in [-0.25, -0.2) is 0 Å². The highest BCUT2D eigenvalue weighted by atomic mass is 16.5. The fraction of sp³-hybridized carbons (Fsp3) is 0.417. The first kappa shape index (κ1) is 11.7. The Balaban J connectivity index is 2.20. The number of benzene rings is 1. The van der Waals surface area contributed by atoms with E-state index in [9.17, 15) is 4.79 Å². The molecule has 17 heavy (non-hydrogen) atoms. The Labute approximate surface area is 99.6 Å². The van der Waals surface area contributed by atoms with E-state index in [-0.39, 0.29) is 12.6 Å². The Hall–Kier alpha value is -1.75. The molecular weight excluding hydrogens is 222 g/mol. The largest absolute Gasteiger partial charge is 0.497 e. The molecule has 1 N–H and O–H groups in total. The second-order valence-electron chi connectivity index (χ2n) is 3.91. The first-order valence-corrected chi connectivity index (χ1v) is 5.41. The highest BCUT2D eigenvalue weighted by molar-refractivity contribution is 5.74. The molecule has 5 heteroatoms. The van der Waals surface area contributed by atoms with Crippen LogP contribution in [0.3, 0.4) is 0 Å². The van der Waals surface area contributed by atoms with Gasteiger partial charge in [-0.15, -0.1) is 0 Å². The SMILES string of the molecule is COc1cccc(N(CC(=O)O)C2COC2)c1. The quantitative estimate of drug-likeness (QED) is 0.827. The van der Waals surface area contributed by atoms with Crippen molar-refractivity contribution in [3.63, 3.8) is 0 Å². The fourth-order valence-corrected chi connectivity index (χ4v) is 1.77. The summed E-state index contributed by atoms with van der Waals surface area (Å²) in [7, 11) is 1.59. The molecule has 1 aromatic carbocycles. The molecule has 0 aromatic heterocycles. The summed E-state index contributed by atoms with van der Waals surface area (Å²) in [5, 5.41) is 8.93. The molecule has 0 aliphatic carbocycles. The molecule has 1 aliphatic heterocycles. The minimum atomic E-state index is -0.847. The molecule has 2 rings (SSSR count). The van der Waals surface area contributed by atoms with Crippen molar-refractivity contribution in [3.05, 3.63) is 24.3 Å². The molecular formula is C12H15NO4. The van der Waals surface area contributed by atoms with E-state index in [1.807, 2.05) is 29.2 Å². The highest BCUT2D eigenvalue weighted by Crippen LogP contribution is 2.24. The zero-order chi connectivity index (χ0) is 12.3. The van der Waals surface area contributed by atoms with E-state index >= 15 is 0 Å². The lowest BCUT2D eigenvalue weighted by Gasteiger charge is -2.38. The number of hydrogen-bond acceptors (Lipinski definition) is 4. The summed E-state index contributed by atoms with van der Waals surface area (Å²) in [4.78, 5) is 12.7. The van der Waals surface area contributed by atoms with Crippen molar-refractivity contribution in [2.45, 2.75) is 6.04 Å². The molecule has 1 heterocycles. The van der Waals surface area contributed by atoms with Gasteiger partial charge in [0.25, 0.3) is 0 Å². The van der Waals surface area contributed by atoms with Crippen LogP contribution in [0, 0.1) is 0 Å². The highest BCUT2D eigenvalue weighted by Gasteiger charge is 2.27. The molecule has 92 valence electrons. The lowest BCUT2D eigenvalue weighted by Crippen LogP contribution is -2.51. The molecule has 0 atom stereocenters. The predicted octanol–water partition coefficient (Wildman–Crippen LogP) is 0.985. The van der Waals surface area contributed by atoms with E-state index in [2.05, 4.69) is 0 Å². The predicted molar refractivity (Wildman–Crippen MR) is 62.6 cm³/mol. The van der Waals surface area contributed by atoms with Crippen molar-refractivity contribution in [2.24, 2.45) is 0 Å². The number of carboxylic acids is 1. The maximum Gasteiger partial charge on any atom is 0.323 e. The normalized spacial score (nSPS) is 15.1. The van der Waals surface area contributed by atoms with E-state index in [1.165, 1.54) is 0 Å². The monoisotopic (exact) mass is 237 g/mol. The van der Waals surface area contributed by atoms with E-state index in [4.69, 9.17) is 14.6 Å². The van der Waals surface area contributed by atoms with Crippen LogP contribution in [0.5, 0.6) is 5.75 Å². The Morgan fingerprint density at radius 3 is 2.88 bits per heavy atom. The Morgan fingerprint density at radius 1 is 1.59 bits per heavy atom. The first-order chi connectivity index (χ1) is 8.20. The molecule has 5 nitrogen and oxygen atoms in total. The molecule has 1 saturated heterocycles. The third-order valence-electron chi connectivity index (χ3n) is 2.75. The Kier molecular flexibility index (Phi) is 3.49. The lowest BCUT2D eigenvalue weighted by molar-refractivity contribution is -0.135. The molecule has 0 amide bonds. The third-order valence-corrected chi connectivity index (χ3v) is 2.75. The smallest absolute Gasteiger partial charge is 0.323 e. The van der Waals surface area contributed by atoms with Crippen molar-refractivity contribution in [3.8, 4) is 5.75 Å².